The van der Waals surface area contributed by atoms with Gasteiger partial charge in [0.25, 0.3) is 0 Å². The van der Waals surface area contributed by atoms with Gasteiger partial charge in [-0.05, 0) is 49.1 Å². The minimum absolute atomic E-state index is 0. The minimum Gasteiger partial charge on any atom is -0.399 e. The molecule has 0 aromatic heterocycles. The molecular weight excluding hydrogens is 376 g/mol. The normalized spacial score (nSPS) is 11.4. The molecule has 0 aliphatic carbocycles. The molecule has 0 bridgehead atoms. The Kier molecular flexibility index (Phi) is 8.13. The van der Waals surface area contributed by atoms with Crippen LogP contribution in [0.5, 0.6) is 0 Å². The molecule has 1 unspecified atom stereocenters. The van der Waals surface area contributed by atoms with Crippen LogP contribution in [0.4, 0.5) is 5.69 Å². The highest BCUT2D eigenvalue weighted by molar-refractivity contribution is 9.10. The third-order valence-electron chi connectivity index (χ3n) is 3.54. The van der Waals surface area contributed by atoms with E-state index in [4.69, 9.17) is 5.73 Å². The number of benzene rings is 2. The van der Waals surface area contributed by atoms with Gasteiger partial charge in [0.2, 0.25) is 5.91 Å². The van der Waals surface area contributed by atoms with E-state index in [1.54, 1.807) is 0 Å². The molecule has 0 aliphatic heterocycles. The van der Waals surface area contributed by atoms with Gasteiger partial charge < -0.3 is 11.1 Å². The number of nitrogens with two attached hydrogens (primary N) is 1. The molecule has 0 fully saturated rings. The second kappa shape index (κ2) is 9.58. The standard InChI is InChI=1S/C18H21BrN2O.ClH/c1-13(12-14-6-9-16(19)10-7-14)21-18(22)11-8-15-4-2-3-5-17(15)20;/h2-7,9-10,13H,8,11-12,20H2,1H3,(H,21,22);1H. The second-order valence-corrected chi connectivity index (χ2v) is 6.41. The SMILES string of the molecule is CC(Cc1ccc(Br)cc1)NC(=O)CCc1ccccc1N.Cl. The molecule has 2 rings (SSSR count). The molecule has 0 spiro atoms. The molecule has 5 heteroatoms. The zero-order valence-electron chi connectivity index (χ0n) is 13.1. The van der Waals surface area contributed by atoms with Gasteiger partial charge in [-0.2, -0.15) is 0 Å². The summed E-state index contributed by atoms with van der Waals surface area (Å²) in [6, 6.07) is 16.0. The lowest BCUT2D eigenvalue weighted by Gasteiger charge is -2.14. The smallest absolute Gasteiger partial charge is 0.220 e. The molecule has 0 saturated heterocycles. The molecule has 0 saturated carbocycles. The Balaban J connectivity index is 0.00000264. The summed E-state index contributed by atoms with van der Waals surface area (Å²) in [4.78, 5) is 12.0. The quantitative estimate of drug-likeness (QED) is 0.720. The van der Waals surface area contributed by atoms with Gasteiger partial charge in [-0.1, -0.05) is 46.3 Å². The Bertz CT molecular complexity index is 631. The maximum atomic E-state index is 12.0. The highest BCUT2D eigenvalue weighted by Gasteiger charge is 2.09. The van der Waals surface area contributed by atoms with E-state index in [-0.39, 0.29) is 24.4 Å². The average Bonchev–Trinajstić information content (AvgIpc) is 2.49. The van der Waals surface area contributed by atoms with Crippen molar-refractivity contribution in [3.8, 4) is 0 Å². The molecule has 3 N–H and O–H groups in total. The average molecular weight is 398 g/mol. The first kappa shape index (κ1) is 19.5. The van der Waals surface area contributed by atoms with Gasteiger partial charge in [-0.25, -0.2) is 0 Å². The summed E-state index contributed by atoms with van der Waals surface area (Å²) in [5, 5.41) is 3.04. The van der Waals surface area contributed by atoms with E-state index in [0.29, 0.717) is 12.8 Å². The van der Waals surface area contributed by atoms with Crippen LogP contribution in [-0.2, 0) is 17.6 Å². The van der Waals surface area contributed by atoms with Crippen LogP contribution < -0.4 is 11.1 Å². The lowest BCUT2D eigenvalue weighted by molar-refractivity contribution is -0.121. The molecule has 3 nitrogen and oxygen atoms in total. The molecule has 2 aromatic carbocycles. The summed E-state index contributed by atoms with van der Waals surface area (Å²) < 4.78 is 1.06. The highest BCUT2D eigenvalue weighted by atomic mass is 79.9. The maximum absolute atomic E-state index is 12.0. The maximum Gasteiger partial charge on any atom is 0.220 e. The fraction of sp³-hybridized carbons (Fsp3) is 0.278. The largest absolute Gasteiger partial charge is 0.399 e. The summed E-state index contributed by atoms with van der Waals surface area (Å²) >= 11 is 3.42. The first-order valence-electron chi connectivity index (χ1n) is 7.42. The number of para-hydroxylation sites is 1. The number of carbonyl (C=O) groups excluding carboxylic acids is 1. The number of halogens is 2. The van der Waals surface area contributed by atoms with Crippen molar-refractivity contribution in [3.05, 3.63) is 64.1 Å². The molecular formula is C18H22BrClN2O. The molecule has 0 radical (unpaired) electrons. The minimum atomic E-state index is 0. The van der Waals surface area contributed by atoms with Gasteiger partial charge >= 0.3 is 0 Å². The number of anilines is 1. The van der Waals surface area contributed by atoms with Crippen molar-refractivity contribution in [3.63, 3.8) is 0 Å². The van der Waals surface area contributed by atoms with Crippen LogP contribution in [0.25, 0.3) is 0 Å². The van der Waals surface area contributed by atoms with Crippen LogP contribution in [-0.4, -0.2) is 11.9 Å². The van der Waals surface area contributed by atoms with Gasteiger partial charge in [-0.15, -0.1) is 12.4 Å². The Morgan fingerprint density at radius 3 is 2.48 bits per heavy atom. The van der Waals surface area contributed by atoms with Crippen molar-refractivity contribution in [2.24, 2.45) is 0 Å². The Morgan fingerprint density at radius 2 is 1.83 bits per heavy atom. The fourth-order valence-electron chi connectivity index (χ4n) is 2.38. The molecule has 2 aromatic rings. The second-order valence-electron chi connectivity index (χ2n) is 5.50. The van der Waals surface area contributed by atoms with Crippen LogP contribution in [0.3, 0.4) is 0 Å². The van der Waals surface area contributed by atoms with Gasteiger partial charge in [0.1, 0.15) is 0 Å². The Labute approximate surface area is 152 Å². The molecule has 0 heterocycles. The monoisotopic (exact) mass is 396 g/mol. The number of amides is 1. The van der Waals surface area contributed by atoms with Crippen molar-refractivity contribution in [1.29, 1.82) is 0 Å². The first-order valence-corrected chi connectivity index (χ1v) is 8.21. The lowest BCUT2D eigenvalue weighted by Crippen LogP contribution is -2.34. The fourth-order valence-corrected chi connectivity index (χ4v) is 2.65. The van der Waals surface area contributed by atoms with E-state index in [0.717, 1.165) is 22.1 Å². The highest BCUT2D eigenvalue weighted by Crippen LogP contribution is 2.13. The number of hydrogen-bond donors (Lipinski definition) is 2. The molecule has 0 aliphatic rings. The van der Waals surface area contributed by atoms with E-state index in [2.05, 4.69) is 33.4 Å². The molecule has 124 valence electrons. The number of hydrogen-bond acceptors (Lipinski definition) is 2. The van der Waals surface area contributed by atoms with Crippen LogP contribution in [0, 0.1) is 0 Å². The topological polar surface area (TPSA) is 55.1 Å². The van der Waals surface area contributed by atoms with Crippen LogP contribution >= 0.6 is 28.3 Å². The van der Waals surface area contributed by atoms with Crippen LogP contribution in [0.2, 0.25) is 0 Å². The van der Waals surface area contributed by atoms with Crippen LogP contribution in [0.1, 0.15) is 24.5 Å². The van der Waals surface area contributed by atoms with Crippen molar-refractivity contribution in [2.45, 2.75) is 32.2 Å². The van der Waals surface area contributed by atoms with E-state index < -0.39 is 0 Å². The molecule has 23 heavy (non-hydrogen) atoms. The van der Waals surface area contributed by atoms with E-state index in [9.17, 15) is 4.79 Å². The van der Waals surface area contributed by atoms with E-state index in [1.165, 1.54) is 5.56 Å². The van der Waals surface area contributed by atoms with Gasteiger partial charge in [0.05, 0.1) is 0 Å². The molecule has 1 atom stereocenters. The van der Waals surface area contributed by atoms with Crippen LogP contribution in [0.15, 0.2) is 53.0 Å². The lowest BCUT2D eigenvalue weighted by atomic mass is 10.1. The summed E-state index contributed by atoms with van der Waals surface area (Å²) in [5.74, 6) is 0.0628. The van der Waals surface area contributed by atoms with Crippen molar-refractivity contribution < 1.29 is 4.79 Å². The predicted molar refractivity (Wildman–Crippen MR) is 102 cm³/mol. The Hall–Kier alpha value is -1.52. The third-order valence-corrected chi connectivity index (χ3v) is 4.07. The van der Waals surface area contributed by atoms with Gasteiger partial charge in [-0.3, -0.25) is 4.79 Å². The van der Waals surface area contributed by atoms with Crippen molar-refractivity contribution in [1.82, 2.24) is 5.32 Å². The van der Waals surface area contributed by atoms with E-state index >= 15 is 0 Å². The number of carbonyl (C=O) groups is 1. The van der Waals surface area contributed by atoms with Gasteiger partial charge in [0.15, 0.2) is 0 Å². The zero-order valence-corrected chi connectivity index (χ0v) is 15.5. The summed E-state index contributed by atoms with van der Waals surface area (Å²) in [7, 11) is 0. The first-order chi connectivity index (χ1) is 10.5. The predicted octanol–water partition coefficient (Wildman–Crippen LogP) is 4.13. The van der Waals surface area contributed by atoms with Crippen molar-refractivity contribution in [2.75, 3.05) is 5.73 Å². The summed E-state index contributed by atoms with van der Waals surface area (Å²) in [5.41, 5.74) is 8.87. The third kappa shape index (κ3) is 6.63. The summed E-state index contributed by atoms with van der Waals surface area (Å²) in [6.07, 6.45) is 1.95. The Morgan fingerprint density at radius 1 is 1.17 bits per heavy atom. The van der Waals surface area contributed by atoms with Gasteiger partial charge in [0, 0.05) is 22.6 Å². The van der Waals surface area contributed by atoms with E-state index in [1.807, 2.05) is 43.3 Å². The zero-order chi connectivity index (χ0) is 15.9. The number of nitrogen functional groups attached to an aromatic ring is 1. The van der Waals surface area contributed by atoms with Crippen molar-refractivity contribution >= 4 is 39.9 Å². The summed E-state index contributed by atoms with van der Waals surface area (Å²) in [6.45, 7) is 2.02. The number of rotatable bonds is 6. The number of aryl methyl sites for hydroxylation is 1. The number of nitrogens with one attached hydrogen (secondary N) is 1. The molecule has 1 amide bonds.